The molecule has 114 valence electrons. The number of aldehydes is 1. The largest absolute Gasteiger partial charge is 0.444 e. The van der Waals surface area contributed by atoms with Gasteiger partial charge in [0, 0.05) is 6.04 Å². The van der Waals surface area contributed by atoms with Crippen molar-refractivity contribution in [3.63, 3.8) is 0 Å². The molecule has 0 radical (unpaired) electrons. The van der Waals surface area contributed by atoms with Gasteiger partial charge in [-0.25, -0.2) is 4.79 Å². The molecule has 1 aromatic rings. The Morgan fingerprint density at radius 2 is 1.90 bits per heavy atom. The maximum atomic E-state index is 12.5. The van der Waals surface area contributed by atoms with E-state index in [-0.39, 0.29) is 6.04 Å². The normalized spacial score (nSPS) is 16.7. The molecule has 4 nitrogen and oxygen atoms in total. The van der Waals surface area contributed by atoms with Gasteiger partial charge in [0.05, 0.1) is 0 Å². The van der Waals surface area contributed by atoms with Gasteiger partial charge in [-0.15, -0.1) is 0 Å². The minimum Gasteiger partial charge on any atom is -0.444 e. The molecule has 1 aliphatic rings. The molecule has 0 N–H and O–H groups in total. The molecule has 0 aliphatic heterocycles. The van der Waals surface area contributed by atoms with Gasteiger partial charge in [0.1, 0.15) is 17.9 Å². The number of nitrogens with zero attached hydrogens (tertiary/aromatic N) is 1. The molecule has 0 aromatic heterocycles. The lowest BCUT2D eigenvalue weighted by Crippen LogP contribution is -2.48. The highest BCUT2D eigenvalue weighted by Gasteiger charge is 2.37. The van der Waals surface area contributed by atoms with Crippen LogP contribution in [0.3, 0.4) is 0 Å². The Labute approximate surface area is 126 Å². The smallest absolute Gasteiger partial charge is 0.411 e. The number of carbonyl (C=O) groups excluding carboxylic acids is 2. The van der Waals surface area contributed by atoms with Crippen molar-refractivity contribution in [1.82, 2.24) is 4.90 Å². The van der Waals surface area contributed by atoms with E-state index in [1.165, 1.54) is 0 Å². The summed E-state index contributed by atoms with van der Waals surface area (Å²) in [5.41, 5.74) is 0.258. The molecular formula is C17H23NO3. The third kappa shape index (κ3) is 3.84. The Morgan fingerprint density at radius 3 is 2.33 bits per heavy atom. The van der Waals surface area contributed by atoms with E-state index < -0.39 is 17.7 Å². The zero-order valence-corrected chi connectivity index (χ0v) is 12.9. The van der Waals surface area contributed by atoms with Crippen LogP contribution in [0.1, 0.15) is 51.6 Å². The predicted molar refractivity (Wildman–Crippen MR) is 81.0 cm³/mol. The Kier molecular flexibility index (Phi) is 4.66. The zero-order chi connectivity index (χ0) is 15.5. The molecule has 1 atom stereocenters. The van der Waals surface area contributed by atoms with E-state index in [9.17, 15) is 9.59 Å². The minimum absolute atomic E-state index is 0.0928. The van der Waals surface area contributed by atoms with Gasteiger partial charge in [-0.2, -0.15) is 0 Å². The lowest BCUT2D eigenvalue weighted by atomic mass is 9.89. The maximum absolute atomic E-state index is 12.5. The summed E-state index contributed by atoms with van der Waals surface area (Å²) in [5.74, 6) is 0. The fourth-order valence-electron chi connectivity index (χ4n) is 2.42. The summed E-state index contributed by atoms with van der Waals surface area (Å²) < 4.78 is 5.49. The van der Waals surface area contributed by atoms with Crippen molar-refractivity contribution in [3.05, 3.63) is 35.9 Å². The van der Waals surface area contributed by atoms with Crippen LogP contribution in [0.2, 0.25) is 0 Å². The van der Waals surface area contributed by atoms with Crippen LogP contribution in [0.25, 0.3) is 0 Å². The van der Waals surface area contributed by atoms with Gasteiger partial charge in [0.25, 0.3) is 0 Å². The molecule has 0 bridgehead atoms. The highest BCUT2D eigenvalue weighted by Crippen LogP contribution is 2.33. The lowest BCUT2D eigenvalue weighted by Gasteiger charge is -2.41. The summed E-state index contributed by atoms with van der Waals surface area (Å²) in [6.45, 7) is 5.51. The third-order valence-electron chi connectivity index (χ3n) is 3.64. The van der Waals surface area contributed by atoms with Gasteiger partial charge in [-0.3, -0.25) is 4.90 Å². The van der Waals surface area contributed by atoms with E-state index in [1.807, 2.05) is 51.1 Å². The van der Waals surface area contributed by atoms with Crippen LogP contribution < -0.4 is 0 Å². The second-order valence-electron chi connectivity index (χ2n) is 6.46. The highest BCUT2D eigenvalue weighted by molar-refractivity contribution is 5.75. The molecule has 1 aliphatic carbocycles. The van der Waals surface area contributed by atoms with Gasteiger partial charge in [-0.1, -0.05) is 30.3 Å². The number of amides is 1. The molecule has 1 unspecified atom stereocenters. The molecule has 1 aromatic carbocycles. The van der Waals surface area contributed by atoms with Crippen molar-refractivity contribution in [2.24, 2.45) is 0 Å². The quantitative estimate of drug-likeness (QED) is 0.794. The first kappa shape index (κ1) is 15.5. The molecule has 2 rings (SSSR count). The molecule has 4 heteroatoms. The van der Waals surface area contributed by atoms with E-state index in [0.29, 0.717) is 0 Å². The van der Waals surface area contributed by atoms with Gasteiger partial charge in [-0.05, 0) is 45.6 Å². The van der Waals surface area contributed by atoms with Crippen LogP contribution in [0.5, 0.6) is 0 Å². The summed E-state index contributed by atoms with van der Waals surface area (Å²) >= 11 is 0. The Morgan fingerprint density at radius 1 is 1.29 bits per heavy atom. The minimum atomic E-state index is -0.577. The first-order valence-electron chi connectivity index (χ1n) is 7.44. The summed E-state index contributed by atoms with van der Waals surface area (Å²) in [7, 11) is 0. The third-order valence-corrected chi connectivity index (χ3v) is 3.64. The van der Waals surface area contributed by atoms with E-state index in [0.717, 1.165) is 31.1 Å². The van der Waals surface area contributed by atoms with Crippen molar-refractivity contribution in [1.29, 1.82) is 0 Å². The summed E-state index contributed by atoms with van der Waals surface area (Å²) in [6.07, 6.45) is 3.36. The first-order chi connectivity index (χ1) is 9.92. The average molecular weight is 289 g/mol. The molecule has 1 saturated carbocycles. The molecule has 1 amide bonds. The van der Waals surface area contributed by atoms with Crippen molar-refractivity contribution < 1.29 is 14.3 Å². The maximum Gasteiger partial charge on any atom is 0.411 e. The van der Waals surface area contributed by atoms with Crippen molar-refractivity contribution in [2.75, 3.05) is 0 Å². The molecule has 1 fully saturated rings. The Balaban J connectivity index is 2.26. The molecular weight excluding hydrogens is 266 g/mol. The van der Waals surface area contributed by atoms with E-state index in [4.69, 9.17) is 4.74 Å². The Hall–Kier alpha value is -1.84. The van der Waals surface area contributed by atoms with Crippen LogP contribution in [0, 0.1) is 0 Å². The van der Waals surface area contributed by atoms with Gasteiger partial charge in [0.15, 0.2) is 0 Å². The first-order valence-corrected chi connectivity index (χ1v) is 7.44. The molecule has 0 saturated heterocycles. The van der Waals surface area contributed by atoms with Crippen LogP contribution in [-0.4, -0.2) is 28.9 Å². The molecule has 0 spiro atoms. The predicted octanol–water partition coefficient (Wildman–Crippen LogP) is 3.72. The van der Waals surface area contributed by atoms with Crippen LogP contribution in [-0.2, 0) is 9.53 Å². The van der Waals surface area contributed by atoms with E-state index in [1.54, 1.807) is 4.90 Å². The number of hydrogen-bond acceptors (Lipinski definition) is 3. The fourth-order valence-corrected chi connectivity index (χ4v) is 2.42. The SMILES string of the molecule is CC(C)(C)OC(=O)N(C1CCC1)C(C=O)c1ccccc1. The monoisotopic (exact) mass is 289 g/mol. The topological polar surface area (TPSA) is 46.6 Å². The summed E-state index contributed by atoms with van der Waals surface area (Å²) in [6, 6.07) is 8.90. The van der Waals surface area contributed by atoms with Crippen LogP contribution >= 0.6 is 0 Å². The van der Waals surface area contributed by atoms with Crippen molar-refractivity contribution in [3.8, 4) is 0 Å². The fraction of sp³-hybridized carbons (Fsp3) is 0.529. The molecule has 0 heterocycles. The number of rotatable bonds is 4. The standard InChI is InChI=1S/C17H23NO3/c1-17(2,3)21-16(20)18(14-10-7-11-14)15(12-19)13-8-5-4-6-9-13/h4-6,8-9,12,14-15H,7,10-11H2,1-3H3. The van der Waals surface area contributed by atoms with E-state index >= 15 is 0 Å². The highest BCUT2D eigenvalue weighted by atomic mass is 16.6. The van der Waals surface area contributed by atoms with Gasteiger partial charge in [0.2, 0.25) is 0 Å². The second-order valence-corrected chi connectivity index (χ2v) is 6.46. The number of ether oxygens (including phenoxy) is 1. The number of hydrogen-bond donors (Lipinski definition) is 0. The Bertz CT molecular complexity index is 489. The molecule has 21 heavy (non-hydrogen) atoms. The van der Waals surface area contributed by atoms with E-state index in [2.05, 4.69) is 0 Å². The second kappa shape index (κ2) is 6.29. The summed E-state index contributed by atoms with van der Waals surface area (Å²) in [4.78, 5) is 25.7. The zero-order valence-electron chi connectivity index (χ0n) is 12.9. The van der Waals surface area contributed by atoms with Gasteiger partial charge < -0.3 is 9.53 Å². The number of carbonyl (C=O) groups is 2. The van der Waals surface area contributed by atoms with Crippen molar-refractivity contribution in [2.45, 2.75) is 57.7 Å². The van der Waals surface area contributed by atoms with Gasteiger partial charge >= 0.3 is 6.09 Å². The average Bonchev–Trinajstić information content (AvgIpc) is 2.35. The van der Waals surface area contributed by atoms with Crippen LogP contribution in [0.15, 0.2) is 30.3 Å². The summed E-state index contributed by atoms with van der Waals surface area (Å²) in [5, 5.41) is 0. The lowest BCUT2D eigenvalue weighted by molar-refractivity contribution is -0.114. The number of benzene rings is 1. The van der Waals surface area contributed by atoms with Crippen LogP contribution in [0.4, 0.5) is 4.79 Å². The van der Waals surface area contributed by atoms with Crippen molar-refractivity contribution >= 4 is 12.4 Å².